The van der Waals surface area contributed by atoms with E-state index in [1.807, 2.05) is 85.8 Å². The number of benzene rings is 3. The lowest BCUT2D eigenvalue weighted by Crippen LogP contribution is -2.51. The molecule has 3 aliphatic heterocycles. The molecule has 0 aromatic heterocycles. The molecule has 0 unspecified atom stereocenters. The van der Waals surface area contributed by atoms with Crippen LogP contribution in [0, 0.1) is 12.3 Å². The quantitative estimate of drug-likeness (QED) is 0.444. The Kier molecular flexibility index (Phi) is 4.70. The van der Waals surface area contributed by atoms with Gasteiger partial charge in [0.2, 0.25) is 0 Å². The summed E-state index contributed by atoms with van der Waals surface area (Å²) in [6.07, 6.45) is 0. The Balaban J connectivity index is 1.61. The van der Waals surface area contributed by atoms with Crippen LogP contribution in [0.25, 0.3) is 0 Å². The van der Waals surface area contributed by atoms with Crippen LogP contribution in [-0.2, 0) is 26.5 Å². The number of carbonyl (C=O) groups is 2. The number of amides is 1. The van der Waals surface area contributed by atoms with Gasteiger partial charge in [-0.1, -0.05) is 95.7 Å². The van der Waals surface area contributed by atoms with Crippen LogP contribution in [0.2, 0.25) is 0 Å². The Morgan fingerprint density at radius 2 is 1.66 bits per heavy atom. The predicted octanol–water partition coefficient (Wildman–Crippen LogP) is 4.37. The number of hydrogen-bond donors (Lipinski definition) is 1. The van der Waals surface area contributed by atoms with Gasteiger partial charge in [0.1, 0.15) is 4.99 Å². The Hall–Kier alpha value is -3.84. The van der Waals surface area contributed by atoms with Crippen molar-refractivity contribution in [3.8, 4) is 0 Å². The van der Waals surface area contributed by atoms with Crippen LogP contribution in [-0.4, -0.2) is 22.6 Å². The second kappa shape index (κ2) is 7.58. The van der Waals surface area contributed by atoms with Gasteiger partial charge in [-0.2, -0.15) is 0 Å². The van der Waals surface area contributed by atoms with E-state index in [0.717, 1.165) is 27.9 Å². The minimum atomic E-state index is -1.36. The number of nitrogens with zero attached hydrogens (tertiary/aromatic N) is 2. The lowest BCUT2D eigenvalue weighted by molar-refractivity contribution is -0.146. The number of para-hydroxylation sites is 1. The van der Waals surface area contributed by atoms with Crippen molar-refractivity contribution in [2.75, 3.05) is 4.90 Å². The minimum Gasteiger partial charge on any atom is -0.360 e. The third-order valence-corrected chi connectivity index (χ3v) is 7.91. The van der Waals surface area contributed by atoms with Gasteiger partial charge in [-0.15, -0.1) is 0 Å². The average Bonchev–Trinajstić information content (AvgIpc) is 3.41. The number of thiocarbonyl (C=S) groups is 1. The summed E-state index contributed by atoms with van der Waals surface area (Å²) in [7, 11) is 0. The summed E-state index contributed by atoms with van der Waals surface area (Å²) in [5.74, 6) is -1.38. The molecule has 1 saturated heterocycles. The summed E-state index contributed by atoms with van der Waals surface area (Å²) < 4.78 is 0. The summed E-state index contributed by atoms with van der Waals surface area (Å²) in [5.41, 5.74) is 2.30. The zero-order valence-corrected chi connectivity index (χ0v) is 20.1. The maximum atomic E-state index is 14.6. The van der Waals surface area contributed by atoms with Gasteiger partial charge < -0.3 is 15.1 Å². The third-order valence-electron chi connectivity index (χ3n) is 7.49. The number of fused-ring (bicyclic) bond motifs is 2. The summed E-state index contributed by atoms with van der Waals surface area (Å²) in [5, 5.41) is 7.40. The number of nitrogens with one attached hydrogen (secondary N) is 1. The molecule has 6 rings (SSSR count). The fourth-order valence-corrected chi connectivity index (χ4v) is 6.36. The van der Waals surface area contributed by atoms with Crippen LogP contribution in [0.3, 0.4) is 0 Å². The maximum absolute atomic E-state index is 14.6. The highest BCUT2D eigenvalue weighted by molar-refractivity contribution is 7.80. The topological polar surface area (TPSA) is 71.0 Å². The lowest BCUT2D eigenvalue weighted by Gasteiger charge is -2.35. The minimum absolute atomic E-state index is 0.153. The van der Waals surface area contributed by atoms with Crippen molar-refractivity contribution in [2.24, 2.45) is 10.6 Å². The normalized spacial score (nSPS) is 26.8. The molecule has 6 nitrogen and oxygen atoms in total. The first-order chi connectivity index (χ1) is 16.9. The first-order valence-corrected chi connectivity index (χ1v) is 11.9. The molecule has 3 heterocycles. The van der Waals surface area contributed by atoms with Crippen molar-refractivity contribution in [3.63, 3.8) is 0 Å². The van der Waals surface area contributed by atoms with Gasteiger partial charge in [0.05, 0.1) is 17.9 Å². The van der Waals surface area contributed by atoms with E-state index in [1.54, 1.807) is 11.8 Å². The summed E-state index contributed by atoms with van der Waals surface area (Å²) >= 11 is 5.84. The van der Waals surface area contributed by atoms with Crippen LogP contribution < -0.4 is 10.2 Å². The van der Waals surface area contributed by atoms with E-state index in [4.69, 9.17) is 17.1 Å². The number of anilines is 1. The van der Waals surface area contributed by atoms with Crippen molar-refractivity contribution in [1.29, 1.82) is 0 Å². The molecule has 3 atom stereocenters. The molecule has 0 saturated carbocycles. The molecule has 1 amide bonds. The average molecular weight is 482 g/mol. The van der Waals surface area contributed by atoms with Gasteiger partial charge in [-0.05, 0) is 31.0 Å². The van der Waals surface area contributed by atoms with Gasteiger partial charge in [0, 0.05) is 11.5 Å². The largest absolute Gasteiger partial charge is 0.360 e. The Bertz CT molecular complexity index is 1420. The lowest BCUT2D eigenvalue weighted by atomic mass is 9.63. The van der Waals surface area contributed by atoms with Crippen LogP contribution in [0.1, 0.15) is 35.1 Å². The molecule has 174 valence electrons. The first-order valence-electron chi connectivity index (χ1n) is 11.5. The van der Waals surface area contributed by atoms with E-state index >= 15 is 0 Å². The number of hydrogen-bond acceptors (Lipinski definition) is 5. The fraction of sp³-hybridized carbons (Fsp3) is 0.214. The van der Waals surface area contributed by atoms with Crippen LogP contribution in [0.5, 0.6) is 0 Å². The zero-order valence-electron chi connectivity index (χ0n) is 19.3. The second-order valence-corrected chi connectivity index (χ2v) is 9.77. The van der Waals surface area contributed by atoms with E-state index in [0.29, 0.717) is 12.3 Å². The van der Waals surface area contributed by atoms with Gasteiger partial charge >= 0.3 is 5.97 Å². The van der Waals surface area contributed by atoms with Crippen molar-refractivity contribution < 1.29 is 14.4 Å². The summed E-state index contributed by atoms with van der Waals surface area (Å²) in [6.45, 7) is 4.14. The smallest absolute Gasteiger partial charge is 0.354 e. The summed E-state index contributed by atoms with van der Waals surface area (Å²) in [6, 6.07) is 25.5. The molecule has 0 aliphatic carbocycles. The van der Waals surface area contributed by atoms with Crippen LogP contribution in [0.4, 0.5) is 5.69 Å². The first kappa shape index (κ1) is 21.7. The number of rotatable bonds is 3. The van der Waals surface area contributed by atoms with Crippen molar-refractivity contribution in [1.82, 2.24) is 5.32 Å². The van der Waals surface area contributed by atoms with Gasteiger partial charge in [0.25, 0.3) is 5.91 Å². The molecule has 0 bridgehead atoms. The van der Waals surface area contributed by atoms with E-state index in [-0.39, 0.29) is 10.9 Å². The molecule has 0 radical (unpaired) electrons. The van der Waals surface area contributed by atoms with Gasteiger partial charge in [0.15, 0.2) is 11.0 Å². The van der Waals surface area contributed by atoms with E-state index in [1.165, 1.54) is 0 Å². The highest BCUT2D eigenvalue weighted by atomic mass is 32.1. The third kappa shape index (κ3) is 2.76. The highest BCUT2D eigenvalue weighted by Crippen LogP contribution is 2.61. The molecule has 7 heteroatoms. The van der Waals surface area contributed by atoms with E-state index in [2.05, 4.69) is 10.5 Å². The van der Waals surface area contributed by atoms with Crippen molar-refractivity contribution in [2.45, 2.75) is 31.8 Å². The molecule has 2 spiro atoms. The van der Waals surface area contributed by atoms with Gasteiger partial charge in [-0.25, -0.2) is 4.79 Å². The van der Waals surface area contributed by atoms with Crippen LogP contribution >= 0.6 is 12.2 Å². The van der Waals surface area contributed by atoms with Crippen molar-refractivity contribution >= 4 is 40.5 Å². The Labute approximate surface area is 208 Å². The Morgan fingerprint density at radius 3 is 2.34 bits per heavy atom. The molecule has 3 aromatic rings. The summed E-state index contributed by atoms with van der Waals surface area (Å²) in [4.78, 5) is 35.2. The SMILES string of the molecule is CC1=NOC(=O)[C@]12C(=S)N[C@]1(C(=O)N(Cc3ccccc3)c3ccccc31)[C@@H]2c1ccc(C)cc1. The zero-order chi connectivity index (χ0) is 24.4. The molecule has 35 heavy (non-hydrogen) atoms. The molecular formula is C28H23N3O3S. The molecule has 3 aromatic carbocycles. The molecular weight excluding hydrogens is 458 g/mol. The standard InChI is InChI=1S/C28H23N3O3S/c1-17-12-14-20(15-13-17)23-27(18(2)30-34-26(27)33)24(35)29-28(23)21-10-6-7-11-22(21)31(25(28)32)16-19-8-4-3-5-9-19/h3-15,23H,16H2,1-2H3,(H,29,35)/t23-,27-,28+/m1/s1. The fourth-order valence-electron chi connectivity index (χ4n) is 5.85. The van der Waals surface area contributed by atoms with E-state index in [9.17, 15) is 9.59 Å². The molecule has 3 aliphatic rings. The number of aryl methyl sites for hydroxylation is 1. The van der Waals surface area contributed by atoms with Crippen LogP contribution in [0.15, 0.2) is 84.0 Å². The number of carbonyl (C=O) groups excluding carboxylic acids is 2. The second-order valence-electron chi connectivity index (χ2n) is 9.36. The predicted molar refractivity (Wildman–Crippen MR) is 137 cm³/mol. The number of oxime groups is 1. The molecule has 1 fully saturated rings. The maximum Gasteiger partial charge on any atom is 0.354 e. The Morgan fingerprint density at radius 1 is 0.971 bits per heavy atom. The monoisotopic (exact) mass is 481 g/mol. The molecule has 1 N–H and O–H groups in total. The van der Waals surface area contributed by atoms with E-state index < -0.39 is 22.8 Å². The van der Waals surface area contributed by atoms with Crippen molar-refractivity contribution in [3.05, 3.63) is 101 Å². The van der Waals surface area contributed by atoms with Gasteiger partial charge in [-0.3, -0.25) is 4.79 Å². The highest BCUT2D eigenvalue weighted by Gasteiger charge is 2.74.